The second-order valence-electron chi connectivity index (χ2n) is 4.82. The average molecular weight is 290 g/mol. The molecule has 0 unspecified atom stereocenters. The summed E-state index contributed by atoms with van der Waals surface area (Å²) in [7, 11) is 0. The Balaban J connectivity index is 1.77. The first-order valence-electron chi connectivity index (χ1n) is 6.95. The highest BCUT2D eigenvalue weighted by Crippen LogP contribution is 2.21. The van der Waals surface area contributed by atoms with Gasteiger partial charge in [-0.15, -0.1) is 0 Å². The van der Waals surface area contributed by atoms with Crippen molar-refractivity contribution in [2.45, 2.75) is 6.92 Å². The van der Waals surface area contributed by atoms with Gasteiger partial charge in [-0.05, 0) is 6.92 Å². The zero-order valence-electron chi connectivity index (χ0n) is 11.9. The van der Waals surface area contributed by atoms with Crippen molar-refractivity contribution >= 4 is 23.4 Å². The molecule has 0 radical (unpaired) electrons. The minimum absolute atomic E-state index is 0.261. The van der Waals surface area contributed by atoms with Crippen molar-refractivity contribution in [1.29, 1.82) is 0 Å². The largest absolute Gasteiger partial charge is 0.450 e. The maximum absolute atomic E-state index is 11.7. The van der Waals surface area contributed by atoms with Gasteiger partial charge in [0, 0.05) is 38.6 Å². The SMILES string of the molecule is CCOC(=O)N1CCN(c2nc(N)cn3ccnc23)CC1. The molecule has 8 nitrogen and oxygen atoms in total. The second-order valence-corrected chi connectivity index (χ2v) is 4.82. The highest BCUT2D eigenvalue weighted by molar-refractivity contribution is 5.69. The number of piperazine rings is 1. The fourth-order valence-corrected chi connectivity index (χ4v) is 2.46. The molecule has 2 aromatic rings. The lowest BCUT2D eigenvalue weighted by molar-refractivity contribution is 0.105. The van der Waals surface area contributed by atoms with Gasteiger partial charge in [-0.2, -0.15) is 0 Å². The number of aromatic nitrogens is 3. The summed E-state index contributed by atoms with van der Waals surface area (Å²) in [5.41, 5.74) is 6.61. The van der Waals surface area contributed by atoms with Crippen molar-refractivity contribution in [2.24, 2.45) is 0 Å². The minimum atomic E-state index is -0.261. The standard InChI is InChI=1S/C13H18N6O2/c1-2-21-13(20)18-7-5-17(6-8-18)12-11-15-3-4-19(11)9-10(14)16-12/h3-4,9H,2,5-8,14H2,1H3. The quantitative estimate of drug-likeness (QED) is 0.870. The smallest absolute Gasteiger partial charge is 0.409 e. The molecule has 8 heteroatoms. The van der Waals surface area contributed by atoms with Crippen molar-refractivity contribution in [3.63, 3.8) is 0 Å². The Morgan fingerprint density at radius 1 is 1.38 bits per heavy atom. The van der Waals surface area contributed by atoms with Crippen LogP contribution in [0.25, 0.3) is 5.65 Å². The molecule has 0 spiro atoms. The van der Waals surface area contributed by atoms with Crippen LogP contribution in [0, 0.1) is 0 Å². The van der Waals surface area contributed by atoms with E-state index >= 15 is 0 Å². The summed E-state index contributed by atoms with van der Waals surface area (Å²) in [6, 6.07) is 0. The summed E-state index contributed by atoms with van der Waals surface area (Å²) in [6.45, 7) is 4.75. The molecule has 3 rings (SSSR count). The van der Waals surface area contributed by atoms with E-state index in [-0.39, 0.29) is 6.09 Å². The first kappa shape index (κ1) is 13.5. The Morgan fingerprint density at radius 2 is 2.14 bits per heavy atom. The lowest BCUT2D eigenvalue weighted by Gasteiger charge is -2.34. The van der Waals surface area contributed by atoms with Gasteiger partial charge in [-0.1, -0.05) is 0 Å². The van der Waals surface area contributed by atoms with Crippen LogP contribution in [-0.4, -0.2) is 58.1 Å². The predicted molar refractivity (Wildman–Crippen MR) is 78.2 cm³/mol. The summed E-state index contributed by atoms with van der Waals surface area (Å²) in [5.74, 6) is 1.20. The number of rotatable bonds is 2. The second kappa shape index (κ2) is 5.47. The maximum atomic E-state index is 11.7. The first-order valence-corrected chi connectivity index (χ1v) is 6.95. The average Bonchev–Trinajstić information content (AvgIpc) is 2.95. The summed E-state index contributed by atoms with van der Waals surface area (Å²) in [5, 5.41) is 0. The third kappa shape index (κ3) is 2.56. The van der Waals surface area contributed by atoms with Crippen molar-refractivity contribution in [3.8, 4) is 0 Å². The molecular weight excluding hydrogens is 272 g/mol. The predicted octanol–water partition coefficient (Wildman–Crippen LogP) is 0.590. The van der Waals surface area contributed by atoms with Crippen molar-refractivity contribution in [2.75, 3.05) is 43.4 Å². The molecule has 3 heterocycles. The molecular formula is C13H18N6O2. The molecule has 0 aliphatic carbocycles. The van der Waals surface area contributed by atoms with Gasteiger partial charge >= 0.3 is 6.09 Å². The van der Waals surface area contributed by atoms with E-state index in [1.54, 1.807) is 24.2 Å². The summed E-state index contributed by atoms with van der Waals surface area (Å²) in [6.07, 6.45) is 5.03. The number of amides is 1. The number of fused-ring (bicyclic) bond motifs is 1. The van der Waals surface area contributed by atoms with Crippen LogP contribution in [0.15, 0.2) is 18.6 Å². The van der Waals surface area contributed by atoms with Crippen LogP contribution >= 0.6 is 0 Å². The van der Waals surface area contributed by atoms with Crippen LogP contribution in [-0.2, 0) is 4.74 Å². The van der Waals surface area contributed by atoms with Gasteiger partial charge in [0.15, 0.2) is 11.5 Å². The zero-order chi connectivity index (χ0) is 14.8. The number of nitrogens with zero attached hydrogens (tertiary/aromatic N) is 5. The Hall–Kier alpha value is -2.51. The number of ether oxygens (including phenoxy) is 1. The van der Waals surface area contributed by atoms with E-state index in [1.165, 1.54) is 0 Å². The normalized spacial score (nSPS) is 15.5. The lowest BCUT2D eigenvalue weighted by Crippen LogP contribution is -2.49. The number of nitrogens with two attached hydrogens (primary N) is 1. The van der Waals surface area contributed by atoms with Gasteiger partial charge in [0.05, 0.1) is 12.8 Å². The lowest BCUT2D eigenvalue weighted by atomic mass is 10.3. The third-order valence-corrected chi connectivity index (χ3v) is 3.48. The fraction of sp³-hybridized carbons (Fsp3) is 0.462. The fourth-order valence-electron chi connectivity index (χ4n) is 2.46. The Morgan fingerprint density at radius 3 is 2.86 bits per heavy atom. The van der Waals surface area contributed by atoms with Gasteiger partial charge in [-0.25, -0.2) is 14.8 Å². The van der Waals surface area contributed by atoms with Crippen LogP contribution in [0.3, 0.4) is 0 Å². The van der Waals surface area contributed by atoms with E-state index in [9.17, 15) is 4.79 Å². The third-order valence-electron chi connectivity index (χ3n) is 3.48. The Bertz CT molecular complexity index is 647. The van der Waals surface area contributed by atoms with Gasteiger partial charge < -0.3 is 24.7 Å². The Labute approximate surface area is 122 Å². The van der Waals surface area contributed by atoms with Crippen LogP contribution in [0.4, 0.5) is 16.4 Å². The van der Waals surface area contributed by atoms with Crippen LogP contribution in [0.5, 0.6) is 0 Å². The highest BCUT2D eigenvalue weighted by Gasteiger charge is 2.24. The topological polar surface area (TPSA) is 89.0 Å². The molecule has 21 heavy (non-hydrogen) atoms. The van der Waals surface area contributed by atoms with Crippen molar-refractivity contribution < 1.29 is 9.53 Å². The summed E-state index contributed by atoms with van der Waals surface area (Å²) in [4.78, 5) is 24.2. The molecule has 2 N–H and O–H groups in total. The Kier molecular flexibility index (Phi) is 3.51. The number of hydrogen-bond acceptors (Lipinski definition) is 6. The molecule has 1 fully saturated rings. The van der Waals surface area contributed by atoms with Gasteiger partial charge in [0.2, 0.25) is 0 Å². The molecule has 0 atom stereocenters. The molecule has 0 saturated carbocycles. The molecule has 1 aliphatic heterocycles. The monoisotopic (exact) mass is 290 g/mol. The number of hydrogen-bond donors (Lipinski definition) is 1. The van der Waals surface area contributed by atoms with Crippen LogP contribution in [0.2, 0.25) is 0 Å². The molecule has 112 valence electrons. The number of anilines is 2. The van der Waals surface area contributed by atoms with Crippen LogP contribution in [0.1, 0.15) is 6.92 Å². The molecule has 0 aromatic carbocycles. The van der Waals surface area contributed by atoms with E-state index in [0.29, 0.717) is 38.6 Å². The van der Waals surface area contributed by atoms with Crippen molar-refractivity contribution in [1.82, 2.24) is 19.3 Å². The maximum Gasteiger partial charge on any atom is 0.409 e. The highest BCUT2D eigenvalue weighted by atomic mass is 16.6. The van der Waals surface area contributed by atoms with E-state index in [1.807, 2.05) is 10.6 Å². The molecule has 2 aromatic heterocycles. The van der Waals surface area contributed by atoms with E-state index in [4.69, 9.17) is 10.5 Å². The summed E-state index contributed by atoms with van der Waals surface area (Å²) >= 11 is 0. The number of nitrogen functional groups attached to an aromatic ring is 1. The molecule has 1 amide bonds. The number of carbonyl (C=O) groups is 1. The van der Waals surface area contributed by atoms with E-state index in [0.717, 1.165) is 11.5 Å². The molecule has 1 aliphatic rings. The van der Waals surface area contributed by atoms with Crippen molar-refractivity contribution in [3.05, 3.63) is 18.6 Å². The minimum Gasteiger partial charge on any atom is -0.450 e. The van der Waals surface area contributed by atoms with E-state index < -0.39 is 0 Å². The summed E-state index contributed by atoms with van der Waals surface area (Å²) < 4.78 is 6.87. The van der Waals surface area contributed by atoms with Crippen LogP contribution < -0.4 is 10.6 Å². The molecule has 0 bridgehead atoms. The number of carbonyl (C=O) groups excluding carboxylic acids is 1. The number of imidazole rings is 1. The van der Waals surface area contributed by atoms with Gasteiger partial charge in [0.25, 0.3) is 0 Å². The zero-order valence-corrected chi connectivity index (χ0v) is 11.9. The van der Waals surface area contributed by atoms with Gasteiger partial charge in [-0.3, -0.25) is 0 Å². The van der Waals surface area contributed by atoms with E-state index in [2.05, 4.69) is 14.9 Å². The van der Waals surface area contributed by atoms with Gasteiger partial charge in [0.1, 0.15) is 5.82 Å². The molecule has 1 saturated heterocycles. The first-order chi connectivity index (χ1) is 10.2.